The molecule has 0 fully saturated rings. The maximum atomic E-state index is 8.75. The Hall–Kier alpha value is -1.21. The maximum absolute atomic E-state index is 8.75. The molecule has 0 heterocycles. The number of aliphatic hydroxyl groups is 1. The predicted octanol–water partition coefficient (Wildman–Crippen LogP) is 4.30. The van der Waals surface area contributed by atoms with Gasteiger partial charge in [0.15, 0.2) is 11.5 Å². The van der Waals surface area contributed by atoms with Crippen LogP contribution in [0.15, 0.2) is 30.3 Å². The van der Waals surface area contributed by atoms with Crippen molar-refractivity contribution in [3.05, 3.63) is 56.5 Å². The molecule has 0 atom stereocenters. The van der Waals surface area contributed by atoms with Crippen LogP contribution in [0.25, 0.3) is 0 Å². The van der Waals surface area contributed by atoms with Crippen molar-refractivity contribution in [2.75, 3.05) is 32.8 Å². The number of halogens is 3. The zero-order valence-corrected chi connectivity index (χ0v) is 18.0. The summed E-state index contributed by atoms with van der Waals surface area (Å²) in [6.07, 6.45) is 0. The average Bonchev–Trinajstić information content (AvgIpc) is 2.67. The normalized spacial score (nSPS) is 10.9. The quantitative estimate of drug-likeness (QED) is 0.424. The Morgan fingerprint density at radius 2 is 1.57 bits per heavy atom. The summed E-state index contributed by atoms with van der Waals surface area (Å²) < 4.78 is 11.6. The molecule has 0 aliphatic heterocycles. The topological polar surface area (TPSA) is 62.8 Å². The lowest BCUT2D eigenvalue weighted by Crippen LogP contribution is -2.28. The fourth-order valence-electron chi connectivity index (χ4n) is 2.52. The van der Waals surface area contributed by atoms with E-state index in [2.05, 4.69) is 10.6 Å². The molecule has 0 saturated carbocycles. The third-order valence-electron chi connectivity index (χ3n) is 3.93. The van der Waals surface area contributed by atoms with Gasteiger partial charge in [0.25, 0.3) is 0 Å². The van der Waals surface area contributed by atoms with Gasteiger partial charge in [-0.25, -0.2) is 0 Å². The molecule has 0 spiro atoms. The summed E-state index contributed by atoms with van der Waals surface area (Å²) in [5.74, 6) is 1.15. The SMILES string of the molecule is CCOc1cc(CNCCNCCO)c(Cl)cc1OCc1c(Cl)cccc1Cl. The third kappa shape index (κ3) is 6.99. The van der Waals surface area contributed by atoms with Gasteiger partial charge in [0.1, 0.15) is 6.61 Å². The lowest BCUT2D eigenvalue weighted by molar-refractivity contribution is 0.269. The Bertz CT molecular complexity index is 739. The molecule has 0 bridgehead atoms. The molecule has 154 valence electrons. The van der Waals surface area contributed by atoms with Gasteiger partial charge < -0.3 is 25.2 Å². The molecule has 28 heavy (non-hydrogen) atoms. The smallest absolute Gasteiger partial charge is 0.163 e. The number of aliphatic hydroxyl groups excluding tert-OH is 1. The molecule has 0 aliphatic rings. The molecule has 2 aromatic rings. The second-order valence-electron chi connectivity index (χ2n) is 5.96. The van der Waals surface area contributed by atoms with E-state index >= 15 is 0 Å². The minimum atomic E-state index is 0.129. The molecule has 8 heteroatoms. The zero-order valence-electron chi connectivity index (χ0n) is 15.7. The maximum Gasteiger partial charge on any atom is 0.163 e. The van der Waals surface area contributed by atoms with Gasteiger partial charge in [-0.15, -0.1) is 0 Å². The van der Waals surface area contributed by atoms with Crippen molar-refractivity contribution in [2.24, 2.45) is 0 Å². The molecule has 0 amide bonds. The number of hydrogen-bond acceptors (Lipinski definition) is 5. The Kier molecular flexibility index (Phi) is 10.2. The monoisotopic (exact) mass is 446 g/mol. The van der Waals surface area contributed by atoms with Crippen LogP contribution in [0.5, 0.6) is 11.5 Å². The van der Waals surface area contributed by atoms with Gasteiger partial charge in [-0.3, -0.25) is 0 Å². The molecule has 0 saturated heterocycles. The second-order valence-corrected chi connectivity index (χ2v) is 7.18. The van der Waals surface area contributed by atoms with Crippen molar-refractivity contribution in [1.82, 2.24) is 10.6 Å². The van der Waals surface area contributed by atoms with Gasteiger partial charge in [0.05, 0.1) is 13.2 Å². The average molecular weight is 448 g/mol. The van der Waals surface area contributed by atoms with Gasteiger partial charge in [0.2, 0.25) is 0 Å². The molecule has 0 radical (unpaired) electrons. The van der Waals surface area contributed by atoms with Crippen molar-refractivity contribution in [2.45, 2.75) is 20.1 Å². The summed E-state index contributed by atoms with van der Waals surface area (Å²) in [6.45, 7) is 5.44. The highest BCUT2D eigenvalue weighted by Crippen LogP contribution is 2.35. The summed E-state index contributed by atoms with van der Waals surface area (Å²) >= 11 is 18.8. The Morgan fingerprint density at radius 3 is 2.25 bits per heavy atom. The Morgan fingerprint density at radius 1 is 0.893 bits per heavy atom. The predicted molar refractivity (Wildman–Crippen MR) is 115 cm³/mol. The molecule has 3 N–H and O–H groups in total. The van der Waals surface area contributed by atoms with Crippen LogP contribution in [-0.2, 0) is 13.2 Å². The summed E-state index contributed by atoms with van der Waals surface area (Å²) in [5, 5.41) is 16.8. The van der Waals surface area contributed by atoms with Gasteiger partial charge in [0, 0.05) is 52.9 Å². The highest BCUT2D eigenvalue weighted by atomic mass is 35.5. The number of benzene rings is 2. The van der Waals surface area contributed by atoms with Crippen molar-refractivity contribution in [1.29, 1.82) is 0 Å². The second kappa shape index (κ2) is 12.4. The first-order valence-electron chi connectivity index (χ1n) is 9.10. The molecular formula is C20H25Cl3N2O3. The molecule has 0 aliphatic carbocycles. The van der Waals surface area contributed by atoms with Gasteiger partial charge in [-0.2, -0.15) is 0 Å². The van der Waals surface area contributed by atoms with Crippen LogP contribution < -0.4 is 20.1 Å². The van der Waals surface area contributed by atoms with Gasteiger partial charge >= 0.3 is 0 Å². The van der Waals surface area contributed by atoms with E-state index in [1.807, 2.05) is 13.0 Å². The molecule has 2 rings (SSSR count). The van der Waals surface area contributed by atoms with Gasteiger partial charge in [-0.1, -0.05) is 40.9 Å². The highest BCUT2D eigenvalue weighted by molar-refractivity contribution is 6.36. The number of nitrogens with one attached hydrogen (secondary N) is 2. The first kappa shape index (κ1) is 23.1. The summed E-state index contributed by atoms with van der Waals surface area (Å²) in [7, 11) is 0. The van der Waals surface area contributed by atoms with Crippen LogP contribution in [-0.4, -0.2) is 38.0 Å². The van der Waals surface area contributed by atoms with Crippen LogP contribution in [0.4, 0.5) is 0 Å². The first-order valence-corrected chi connectivity index (χ1v) is 10.2. The minimum absolute atomic E-state index is 0.129. The standard InChI is InChI=1S/C20H25Cl3N2O3/c1-2-27-19-10-14(12-25-7-6-24-8-9-26)18(23)11-20(19)28-13-15-16(21)4-3-5-17(15)22/h3-5,10-11,24-26H,2,6-9,12-13H2,1H3. The number of ether oxygens (including phenoxy) is 2. The van der Waals surface area contributed by atoms with Crippen LogP contribution in [0.2, 0.25) is 15.1 Å². The van der Waals surface area contributed by atoms with E-state index in [1.165, 1.54) is 0 Å². The van der Waals surface area contributed by atoms with Crippen LogP contribution >= 0.6 is 34.8 Å². The fraction of sp³-hybridized carbons (Fsp3) is 0.400. The molecule has 0 aromatic heterocycles. The molecule has 2 aromatic carbocycles. The minimum Gasteiger partial charge on any atom is -0.490 e. The molecular weight excluding hydrogens is 423 g/mol. The Labute approximate surface area is 180 Å². The fourth-order valence-corrected chi connectivity index (χ4v) is 3.24. The van der Waals surface area contributed by atoms with Crippen molar-refractivity contribution < 1.29 is 14.6 Å². The molecule has 5 nitrogen and oxygen atoms in total. The van der Waals surface area contributed by atoms with E-state index in [1.54, 1.807) is 24.3 Å². The first-order chi connectivity index (χ1) is 13.6. The lowest BCUT2D eigenvalue weighted by Gasteiger charge is -2.16. The number of rotatable bonds is 12. The van der Waals surface area contributed by atoms with E-state index in [4.69, 9.17) is 49.4 Å². The number of hydrogen-bond donors (Lipinski definition) is 3. The lowest BCUT2D eigenvalue weighted by atomic mass is 10.2. The van der Waals surface area contributed by atoms with Crippen LogP contribution in [0.1, 0.15) is 18.1 Å². The summed E-state index contributed by atoms with van der Waals surface area (Å²) in [5.41, 5.74) is 1.63. The Balaban J connectivity index is 2.05. The molecule has 0 unspecified atom stereocenters. The van der Waals surface area contributed by atoms with Crippen LogP contribution in [0.3, 0.4) is 0 Å². The van der Waals surface area contributed by atoms with Crippen molar-refractivity contribution in [3.8, 4) is 11.5 Å². The summed E-state index contributed by atoms with van der Waals surface area (Å²) in [6, 6.07) is 8.96. The van der Waals surface area contributed by atoms with Crippen molar-refractivity contribution in [3.63, 3.8) is 0 Å². The van der Waals surface area contributed by atoms with Gasteiger partial charge in [-0.05, 0) is 30.7 Å². The van der Waals surface area contributed by atoms with E-state index < -0.39 is 0 Å². The largest absolute Gasteiger partial charge is 0.490 e. The van der Waals surface area contributed by atoms with E-state index in [9.17, 15) is 0 Å². The van der Waals surface area contributed by atoms with Crippen LogP contribution in [0, 0.1) is 0 Å². The third-order valence-corrected chi connectivity index (χ3v) is 4.99. The van der Waals surface area contributed by atoms with E-state index in [-0.39, 0.29) is 13.2 Å². The van der Waals surface area contributed by atoms with E-state index in [0.717, 1.165) is 18.7 Å². The van der Waals surface area contributed by atoms with Crippen molar-refractivity contribution >= 4 is 34.8 Å². The highest BCUT2D eigenvalue weighted by Gasteiger charge is 2.13. The zero-order chi connectivity index (χ0) is 20.4. The van der Waals surface area contributed by atoms with E-state index in [0.29, 0.717) is 51.8 Å². The summed E-state index contributed by atoms with van der Waals surface area (Å²) in [4.78, 5) is 0.